The predicted molar refractivity (Wildman–Crippen MR) is 90.9 cm³/mol. The molecule has 0 aliphatic carbocycles. The van der Waals surface area contributed by atoms with E-state index < -0.39 is 0 Å². The SMILES string of the molecule is CCCC(CCC)C(=O)N1CCC(Oc2ncccc2Br)C1. The van der Waals surface area contributed by atoms with Crippen LogP contribution in [-0.2, 0) is 4.79 Å². The highest BCUT2D eigenvalue weighted by atomic mass is 79.9. The van der Waals surface area contributed by atoms with Gasteiger partial charge in [0.2, 0.25) is 11.8 Å². The molecule has 2 heterocycles. The molecule has 1 aromatic rings. The van der Waals surface area contributed by atoms with Crippen LogP contribution in [0.1, 0.15) is 46.0 Å². The number of nitrogens with zero attached hydrogens (tertiary/aromatic N) is 2. The lowest BCUT2D eigenvalue weighted by Gasteiger charge is -2.23. The number of aromatic nitrogens is 1. The standard InChI is InChI=1S/C17H25BrN2O2/c1-3-6-13(7-4-2)17(21)20-11-9-14(12-20)22-16-15(18)8-5-10-19-16/h5,8,10,13-14H,3-4,6-7,9,11-12H2,1-2H3. The molecule has 0 spiro atoms. The molecular weight excluding hydrogens is 344 g/mol. The van der Waals surface area contributed by atoms with Crippen LogP contribution < -0.4 is 4.74 Å². The van der Waals surface area contributed by atoms with Crippen molar-refractivity contribution in [2.24, 2.45) is 5.92 Å². The van der Waals surface area contributed by atoms with Gasteiger partial charge in [-0.2, -0.15) is 0 Å². The Balaban J connectivity index is 1.91. The van der Waals surface area contributed by atoms with E-state index in [9.17, 15) is 4.79 Å². The van der Waals surface area contributed by atoms with Crippen LogP contribution in [0.3, 0.4) is 0 Å². The summed E-state index contributed by atoms with van der Waals surface area (Å²) in [5.41, 5.74) is 0. The third kappa shape index (κ3) is 4.45. The van der Waals surface area contributed by atoms with Crippen molar-refractivity contribution < 1.29 is 9.53 Å². The van der Waals surface area contributed by atoms with Crippen molar-refractivity contribution in [2.45, 2.75) is 52.1 Å². The van der Waals surface area contributed by atoms with Crippen molar-refractivity contribution in [3.05, 3.63) is 22.8 Å². The van der Waals surface area contributed by atoms with E-state index in [0.29, 0.717) is 18.3 Å². The van der Waals surface area contributed by atoms with Crippen molar-refractivity contribution in [1.29, 1.82) is 0 Å². The molecule has 1 aliphatic heterocycles. The smallest absolute Gasteiger partial charge is 0.228 e. The maximum absolute atomic E-state index is 12.6. The fourth-order valence-corrected chi connectivity index (χ4v) is 3.34. The zero-order chi connectivity index (χ0) is 15.9. The maximum atomic E-state index is 12.6. The van der Waals surface area contributed by atoms with Crippen LogP contribution in [0.2, 0.25) is 0 Å². The number of hydrogen-bond donors (Lipinski definition) is 0. The Kier molecular flexibility index (Phi) is 6.68. The topological polar surface area (TPSA) is 42.4 Å². The van der Waals surface area contributed by atoms with E-state index in [4.69, 9.17) is 4.74 Å². The Morgan fingerprint density at radius 3 is 2.82 bits per heavy atom. The number of rotatable bonds is 7. The molecule has 1 aliphatic rings. The fraction of sp³-hybridized carbons (Fsp3) is 0.647. The van der Waals surface area contributed by atoms with E-state index in [1.165, 1.54) is 0 Å². The molecule has 4 nitrogen and oxygen atoms in total. The first-order valence-corrected chi connectivity index (χ1v) is 9.01. The summed E-state index contributed by atoms with van der Waals surface area (Å²) in [4.78, 5) is 18.8. The van der Waals surface area contributed by atoms with Gasteiger partial charge in [-0.25, -0.2) is 4.98 Å². The molecule has 1 unspecified atom stereocenters. The molecule has 1 aromatic heterocycles. The summed E-state index contributed by atoms with van der Waals surface area (Å²) in [7, 11) is 0. The highest BCUT2D eigenvalue weighted by Gasteiger charge is 2.31. The van der Waals surface area contributed by atoms with Crippen LogP contribution in [0.25, 0.3) is 0 Å². The lowest BCUT2D eigenvalue weighted by molar-refractivity contribution is -0.135. The minimum absolute atomic E-state index is 0.0408. The molecule has 1 atom stereocenters. The largest absolute Gasteiger partial charge is 0.472 e. The number of carbonyl (C=O) groups excluding carboxylic acids is 1. The lowest BCUT2D eigenvalue weighted by Crippen LogP contribution is -2.35. The molecule has 5 heteroatoms. The Bertz CT molecular complexity index is 489. The average Bonchev–Trinajstić information content (AvgIpc) is 2.97. The number of ether oxygens (including phenoxy) is 1. The van der Waals surface area contributed by atoms with Gasteiger partial charge >= 0.3 is 0 Å². The lowest BCUT2D eigenvalue weighted by atomic mass is 9.97. The quantitative estimate of drug-likeness (QED) is 0.729. The molecule has 0 saturated carbocycles. The van der Waals surface area contributed by atoms with Gasteiger partial charge in [-0.1, -0.05) is 26.7 Å². The summed E-state index contributed by atoms with van der Waals surface area (Å²) in [6, 6.07) is 3.78. The number of likely N-dealkylation sites (tertiary alicyclic amines) is 1. The summed E-state index contributed by atoms with van der Waals surface area (Å²) < 4.78 is 6.79. The molecule has 0 aromatic carbocycles. The highest BCUT2D eigenvalue weighted by Crippen LogP contribution is 2.26. The van der Waals surface area contributed by atoms with Crippen LogP contribution >= 0.6 is 15.9 Å². The molecule has 122 valence electrons. The van der Waals surface area contributed by atoms with E-state index in [0.717, 1.165) is 43.1 Å². The fourth-order valence-electron chi connectivity index (χ4n) is 2.99. The first kappa shape index (κ1) is 17.3. The molecule has 1 amide bonds. The van der Waals surface area contributed by atoms with E-state index in [1.54, 1.807) is 6.20 Å². The van der Waals surface area contributed by atoms with Crippen molar-refractivity contribution in [1.82, 2.24) is 9.88 Å². The van der Waals surface area contributed by atoms with Gasteiger partial charge in [-0.15, -0.1) is 0 Å². The molecular formula is C17H25BrN2O2. The second kappa shape index (κ2) is 8.51. The summed E-state index contributed by atoms with van der Waals surface area (Å²) in [6.07, 6.45) is 6.73. The normalized spacial score (nSPS) is 18.0. The van der Waals surface area contributed by atoms with E-state index in [2.05, 4.69) is 34.8 Å². The number of pyridine rings is 1. The zero-order valence-corrected chi connectivity index (χ0v) is 15.0. The number of carbonyl (C=O) groups is 1. The molecule has 0 bridgehead atoms. The molecule has 1 saturated heterocycles. The summed E-state index contributed by atoms with van der Waals surface area (Å²) in [6.45, 7) is 5.75. The van der Waals surface area contributed by atoms with Crippen molar-refractivity contribution >= 4 is 21.8 Å². The van der Waals surface area contributed by atoms with E-state index in [1.807, 2.05) is 17.0 Å². The van der Waals surface area contributed by atoms with Crippen LogP contribution in [0, 0.1) is 5.92 Å². The van der Waals surface area contributed by atoms with Gasteiger partial charge in [0.25, 0.3) is 0 Å². The van der Waals surface area contributed by atoms with Crippen molar-refractivity contribution in [2.75, 3.05) is 13.1 Å². The highest BCUT2D eigenvalue weighted by molar-refractivity contribution is 9.10. The number of amides is 1. The van der Waals surface area contributed by atoms with Crippen LogP contribution in [-0.4, -0.2) is 35.0 Å². The van der Waals surface area contributed by atoms with Crippen molar-refractivity contribution in [3.8, 4) is 5.88 Å². The Morgan fingerprint density at radius 1 is 1.45 bits per heavy atom. The van der Waals surface area contributed by atoms with Gasteiger partial charge < -0.3 is 9.64 Å². The molecule has 0 N–H and O–H groups in total. The minimum atomic E-state index is 0.0408. The Morgan fingerprint density at radius 2 is 2.18 bits per heavy atom. The van der Waals surface area contributed by atoms with Gasteiger partial charge in [0.1, 0.15) is 6.10 Å². The summed E-state index contributed by atoms with van der Waals surface area (Å²) in [5, 5.41) is 0. The maximum Gasteiger partial charge on any atom is 0.228 e. The average molecular weight is 369 g/mol. The Hall–Kier alpha value is -1.10. The summed E-state index contributed by atoms with van der Waals surface area (Å²) in [5.74, 6) is 1.09. The summed E-state index contributed by atoms with van der Waals surface area (Å²) >= 11 is 3.44. The zero-order valence-electron chi connectivity index (χ0n) is 13.4. The van der Waals surface area contributed by atoms with Gasteiger partial charge in [0.05, 0.1) is 11.0 Å². The minimum Gasteiger partial charge on any atom is -0.472 e. The van der Waals surface area contributed by atoms with Crippen LogP contribution in [0.4, 0.5) is 0 Å². The van der Waals surface area contributed by atoms with Gasteiger partial charge in [0, 0.05) is 25.1 Å². The molecule has 22 heavy (non-hydrogen) atoms. The van der Waals surface area contributed by atoms with Crippen molar-refractivity contribution in [3.63, 3.8) is 0 Å². The van der Waals surface area contributed by atoms with E-state index >= 15 is 0 Å². The van der Waals surface area contributed by atoms with Gasteiger partial charge in [-0.05, 0) is 40.9 Å². The third-order valence-corrected chi connectivity index (χ3v) is 4.69. The monoisotopic (exact) mass is 368 g/mol. The molecule has 2 rings (SSSR count). The predicted octanol–water partition coefficient (Wildman–Crippen LogP) is 4.04. The van der Waals surface area contributed by atoms with Crippen LogP contribution in [0.15, 0.2) is 22.8 Å². The number of halogens is 1. The Labute approximate surface area is 141 Å². The van der Waals surface area contributed by atoms with Crippen LogP contribution in [0.5, 0.6) is 5.88 Å². The third-order valence-electron chi connectivity index (χ3n) is 4.08. The second-order valence-electron chi connectivity index (χ2n) is 5.88. The van der Waals surface area contributed by atoms with Gasteiger partial charge in [-0.3, -0.25) is 4.79 Å². The molecule has 0 radical (unpaired) electrons. The first-order chi connectivity index (χ1) is 10.7. The second-order valence-corrected chi connectivity index (χ2v) is 6.73. The number of hydrogen-bond acceptors (Lipinski definition) is 3. The first-order valence-electron chi connectivity index (χ1n) is 8.21. The van der Waals surface area contributed by atoms with E-state index in [-0.39, 0.29) is 12.0 Å². The molecule has 1 fully saturated rings. The van der Waals surface area contributed by atoms with Gasteiger partial charge in [0.15, 0.2) is 0 Å².